The summed E-state index contributed by atoms with van der Waals surface area (Å²) in [5.41, 5.74) is 3.75. The molecule has 1 aliphatic rings. The molecule has 2 heterocycles. The molecule has 1 fully saturated rings. The molecule has 0 atom stereocenters. The van der Waals surface area contributed by atoms with Crippen molar-refractivity contribution in [2.45, 2.75) is 33.2 Å². The average molecular weight is 431 g/mol. The fourth-order valence-corrected chi connectivity index (χ4v) is 4.11. The van der Waals surface area contributed by atoms with E-state index in [1.165, 1.54) is 0 Å². The van der Waals surface area contributed by atoms with Gasteiger partial charge in [0.2, 0.25) is 0 Å². The van der Waals surface area contributed by atoms with Gasteiger partial charge in [-0.15, -0.1) is 0 Å². The molecule has 0 spiro atoms. The van der Waals surface area contributed by atoms with Gasteiger partial charge >= 0.3 is 5.69 Å². The van der Waals surface area contributed by atoms with Crippen LogP contribution in [0.25, 0.3) is 5.69 Å². The van der Waals surface area contributed by atoms with Crippen LogP contribution < -0.4 is 15.5 Å². The maximum atomic E-state index is 12.7. The predicted octanol–water partition coefficient (Wildman–Crippen LogP) is 3.67. The van der Waals surface area contributed by atoms with E-state index in [1.54, 1.807) is 15.6 Å². The molecule has 0 bridgehead atoms. The number of hydrogen-bond acceptors (Lipinski definition) is 5. The largest absolute Gasteiger partial charge is 0.368 e. The fraction of sp³-hybridized carbons (Fsp3) is 0.400. The van der Waals surface area contributed by atoms with E-state index in [9.17, 15) is 4.79 Å². The Hall–Kier alpha value is -3.53. The third-order valence-corrected chi connectivity index (χ3v) is 6.02. The summed E-state index contributed by atoms with van der Waals surface area (Å²) in [6.07, 6.45) is 3.66. The molecule has 0 aliphatic carbocycles. The van der Waals surface area contributed by atoms with Crippen LogP contribution in [0.2, 0.25) is 0 Å². The summed E-state index contributed by atoms with van der Waals surface area (Å²) in [6, 6.07) is 18.1. The highest BCUT2D eigenvalue weighted by molar-refractivity contribution is 5.54. The number of aryl methyl sites for hydroxylation is 1. The van der Waals surface area contributed by atoms with Gasteiger partial charge in [-0.1, -0.05) is 13.8 Å². The topological polar surface area (TPSA) is 70.1 Å². The Labute approximate surface area is 189 Å². The van der Waals surface area contributed by atoms with Crippen molar-refractivity contribution in [3.8, 4) is 11.8 Å². The van der Waals surface area contributed by atoms with Crippen LogP contribution in [0.1, 0.15) is 32.3 Å². The van der Waals surface area contributed by atoms with Crippen LogP contribution in [-0.4, -0.2) is 40.5 Å². The van der Waals surface area contributed by atoms with Gasteiger partial charge in [-0.05, 0) is 67.3 Å². The Bertz CT molecular complexity index is 1110. The Morgan fingerprint density at radius 1 is 0.906 bits per heavy atom. The van der Waals surface area contributed by atoms with Gasteiger partial charge in [-0.25, -0.2) is 14.0 Å². The Morgan fingerprint density at radius 3 is 1.97 bits per heavy atom. The average Bonchev–Trinajstić information content (AvgIpc) is 3.19. The highest BCUT2D eigenvalue weighted by atomic mass is 16.2. The number of piperazine rings is 1. The van der Waals surface area contributed by atoms with Crippen LogP contribution in [0.15, 0.2) is 59.7 Å². The minimum Gasteiger partial charge on any atom is -0.368 e. The lowest BCUT2D eigenvalue weighted by atomic mass is 10.1. The third-order valence-electron chi connectivity index (χ3n) is 6.02. The van der Waals surface area contributed by atoms with Crippen molar-refractivity contribution >= 4 is 11.4 Å². The van der Waals surface area contributed by atoms with Crippen molar-refractivity contribution in [1.29, 1.82) is 5.26 Å². The monoisotopic (exact) mass is 430 g/mol. The summed E-state index contributed by atoms with van der Waals surface area (Å²) in [4.78, 5) is 17.4. The van der Waals surface area contributed by atoms with Gasteiger partial charge < -0.3 is 9.80 Å². The maximum Gasteiger partial charge on any atom is 0.350 e. The minimum absolute atomic E-state index is 0.0856. The lowest BCUT2D eigenvalue weighted by Crippen LogP contribution is -2.46. The number of aromatic nitrogens is 3. The Kier molecular flexibility index (Phi) is 6.60. The second kappa shape index (κ2) is 9.73. The SMILES string of the molecule is CC(C)CCCn1ncn(-c2ccc(N3CCN(c4ccc(C#N)cc4)CC3)cc2)c1=O. The molecule has 2 aromatic carbocycles. The van der Waals surface area contributed by atoms with Crippen molar-refractivity contribution < 1.29 is 0 Å². The van der Waals surface area contributed by atoms with Crippen LogP contribution in [0, 0.1) is 17.2 Å². The summed E-state index contributed by atoms with van der Waals surface area (Å²) in [5.74, 6) is 0.631. The lowest BCUT2D eigenvalue weighted by Gasteiger charge is -2.37. The second-order valence-electron chi connectivity index (χ2n) is 8.69. The van der Waals surface area contributed by atoms with Crippen molar-refractivity contribution in [2.24, 2.45) is 5.92 Å². The van der Waals surface area contributed by atoms with Gasteiger partial charge in [0, 0.05) is 44.1 Å². The summed E-state index contributed by atoms with van der Waals surface area (Å²) >= 11 is 0. The zero-order valence-corrected chi connectivity index (χ0v) is 18.8. The zero-order valence-electron chi connectivity index (χ0n) is 18.8. The number of anilines is 2. The van der Waals surface area contributed by atoms with Gasteiger partial charge in [0.25, 0.3) is 0 Å². The molecule has 1 aliphatic heterocycles. The number of rotatable bonds is 7. The first-order chi connectivity index (χ1) is 15.5. The highest BCUT2D eigenvalue weighted by Gasteiger charge is 2.18. The smallest absolute Gasteiger partial charge is 0.350 e. The van der Waals surface area contributed by atoms with Crippen molar-refractivity contribution in [3.63, 3.8) is 0 Å². The molecule has 0 unspecified atom stereocenters. The number of nitriles is 1. The van der Waals surface area contributed by atoms with Crippen molar-refractivity contribution in [1.82, 2.24) is 14.3 Å². The van der Waals surface area contributed by atoms with Gasteiger partial charge in [-0.3, -0.25) is 0 Å². The first kappa shape index (κ1) is 21.7. The van der Waals surface area contributed by atoms with E-state index in [0.717, 1.165) is 56.1 Å². The molecule has 1 saturated heterocycles. The standard InChI is InChI=1S/C25H30N6O/c1-20(2)4-3-13-31-25(32)30(19-27-31)24-11-9-23(10-12-24)29-16-14-28(15-17-29)22-7-5-21(18-26)6-8-22/h5-12,19-20H,3-4,13-17H2,1-2H3. The van der Waals surface area contributed by atoms with E-state index in [4.69, 9.17) is 5.26 Å². The normalized spacial score (nSPS) is 14.1. The molecule has 4 rings (SSSR count). The van der Waals surface area contributed by atoms with Gasteiger partial charge in [0.15, 0.2) is 0 Å². The molecule has 0 saturated carbocycles. The number of hydrogen-bond donors (Lipinski definition) is 0. The van der Waals surface area contributed by atoms with E-state index in [0.29, 0.717) is 18.0 Å². The molecule has 7 heteroatoms. The highest BCUT2D eigenvalue weighted by Crippen LogP contribution is 2.22. The maximum absolute atomic E-state index is 12.7. The summed E-state index contributed by atoms with van der Waals surface area (Å²) in [5, 5.41) is 13.2. The predicted molar refractivity (Wildman–Crippen MR) is 127 cm³/mol. The molecule has 3 aromatic rings. The van der Waals surface area contributed by atoms with E-state index >= 15 is 0 Å². The van der Waals surface area contributed by atoms with Crippen molar-refractivity contribution in [3.05, 3.63) is 70.9 Å². The van der Waals surface area contributed by atoms with Crippen LogP contribution in [0.4, 0.5) is 11.4 Å². The van der Waals surface area contributed by atoms with E-state index in [1.807, 2.05) is 36.4 Å². The molecular weight excluding hydrogens is 400 g/mol. The molecule has 166 valence electrons. The zero-order chi connectivity index (χ0) is 22.5. The molecule has 32 heavy (non-hydrogen) atoms. The van der Waals surface area contributed by atoms with Crippen LogP contribution >= 0.6 is 0 Å². The number of benzene rings is 2. The molecule has 1 aromatic heterocycles. The minimum atomic E-state index is -0.0856. The van der Waals surface area contributed by atoms with E-state index in [-0.39, 0.29) is 5.69 Å². The van der Waals surface area contributed by atoms with Crippen molar-refractivity contribution in [2.75, 3.05) is 36.0 Å². The van der Waals surface area contributed by atoms with E-state index in [2.05, 4.69) is 46.9 Å². The van der Waals surface area contributed by atoms with Gasteiger partial charge in [0.05, 0.1) is 17.3 Å². The first-order valence-electron chi connectivity index (χ1n) is 11.3. The summed E-state index contributed by atoms with van der Waals surface area (Å²) in [6.45, 7) is 8.74. The van der Waals surface area contributed by atoms with Gasteiger partial charge in [0.1, 0.15) is 6.33 Å². The fourth-order valence-electron chi connectivity index (χ4n) is 4.11. The van der Waals surface area contributed by atoms with E-state index < -0.39 is 0 Å². The molecular formula is C25H30N6O. The Balaban J connectivity index is 1.37. The summed E-state index contributed by atoms with van der Waals surface area (Å²) in [7, 11) is 0. The lowest BCUT2D eigenvalue weighted by molar-refractivity contribution is 0.480. The number of nitrogens with zero attached hydrogens (tertiary/aromatic N) is 6. The third kappa shape index (κ3) is 4.86. The van der Waals surface area contributed by atoms with Crippen LogP contribution in [-0.2, 0) is 6.54 Å². The van der Waals surface area contributed by atoms with Gasteiger partial charge in [-0.2, -0.15) is 10.4 Å². The molecule has 7 nitrogen and oxygen atoms in total. The van der Waals surface area contributed by atoms with Crippen LogP contribution in [0.3, 0.4) is 0 Å². The quantitative estimate of drug-likeness (QED) is 0.572. The van der Waals surface area contributed by atoms with Crippen LogP contribution in [0.5, 0.6) is 0 Å². The summed E-state index contributed by atoms with van der Waals surface area (Å²) < 4.78 is 3.17. The molecule has 0 N–H and O–H groups in total. The Morgan fingerprint density at radius 2 is 1.44 bits per heavy atom. The molecule has 0 radical (unpaired) electrons. The first-order valence-corrected chi connectivity index (χ1v) is 11.3. The molecule has 0 amide bonds. The second-order valence-corrected chi connectivity index (χ2v) is 8.69.